The van der Waals surface area contributed by atoms with Crippen LogP contribution in [0, 0.1) is 0 Å². The van der Waals surface area contributed by atoms with Crippen molar-refractivity contribution in [2.24, 2.45) is 5.10 Å². The van der Waals surface area contributed by atoms with Gasteiger partial charge in [-0.25, -0.2) is 4.98 Å². The maximum absolute atomic E-state index is 12.9. The number of aromatic nitrogens is 3. The van der Waals surface area contributed by atoms with Crippen molar-refractivity contribution in [1.82, 2.24) is 14.6 Å². The summed E-state index contributed by atoms with van der Waals surface area (Å²) >= 11 is 1.66. The van der Waals surface area contributed by atoms with Crippen LogP contribution < -0.4 is 5.56 Å². The fourth-order valence-corrected chi connectivity index (χ4v) is 4.76. The van der Waals surface area contributed by atoms with Gasteiger partial charge in [0.05, 0.1) is 11.6 Å². The fraction of sp³-hybridized carbons (Fsp3) is 0.211. The molecule has 6 heteroatoms. The minimum absolute atomic E-state index is 0.0690. The van der Waals surface area contributed by atoms with Crippen molar-refractivity contribution in [3.63, 3.8) is 0 Å². The molecule has 0 fully saturated rings. The van der Waals surface area contributed by atoms with Gasteiger partial charge >= 0.3 is 0 Å². The standard InChI is InChI=1S/C19H16N4OS/c24-19-17-14-6-2-4-8-16(14)25-18(17)21-11-23(19)22-10-12-9-20-15-7-3-1-5-13(12)15/h1,3,5,7,9-11,20H,2,4,6,8H2/b22-10+. The average Bonchev–Trinajstić information content (AvgIpc) is 3.22. The maximum Gasteiger partial charge on any atom is 0.282 e. The Bertz CT molecular complexity index is 1180. The molecular formula is C19H16N4OS. The van der Waals surface area contributed by atoms with E-state index in [9.17, 15) is 4.79 Å². The Balaban J connectivity index is 1.61. The molecule has 1 aromatic carbocycles. The lowest BCUT2D eigenvalue weighted by Gasteiger charge is -2.09. The van der Waals surface area contributed by atoms with Crippen molar-refractivity contribution in [2.45, 2.75) is 25.7 Å². The van der Waals surface area contributed by atoms with Gasteiger partial charge in [-0.05, 0) is 37.3 Å². The molecule has 1 aliphatic rings. The zero-order valence-corrected chi connectivity index (χ0v) is 14.3. The highest BCUT2D eigenvalue weighted by Gasteiger charge is 2.19. The molecule has 0 bridgehead atoms. The van der Waals surface area contributed by atoms with Crippen LogP contribution in [-0.4, -0.2) is 20.9 Å². The fourth-order valence-electron chi connectivity index (χ4n) is 3.54. The number of nitrogens with zero attached hydrogens (tertiary/aromatic N) is 3. The largest absolute Gasteiger partial charge is 0.361 e. The minimum Gasteiger partial charge on any atom is -0.361 e. The molecule has 124 valence electrons. The van der Waals surface area contributed by atoms with Crippen LogP contribution in [0.15, 0.2) is 46.7 Å². The second kappa shape index (κ2) is 5.67. The summed E-state index contributed by atoms with van der Waals surface area (Å²) in [5.74, 6) is 0. The van der Waals surface area contributed by atoms with Gasteiger partial charge in [0.25, 0.3) is 5.56 Å². The van der Waals surface area contributed by atoms with E-state index in [-0.39, 0.29) is 5.56 Å². The first-order chi connectivity index (χ1) is 12.3. The Morgan fingerprint density at radius 1 is 1.24 bits per heavy atom. The number of rotatable bonds is 2. The van der Waals surface area contributed by atoms with Gasteiger partial charge in [0, 0.05) is 27.5 Å². The van der Waals surface area contributed by atoms with Gasteiger partial charge in [-0.15, -0.1) is 11.3 Å². The van der Waals surface area contributed by atoms with Crippen LogP contribution in [0.2, 0.25) is 0 Å². The molecule has 4 aromatic rings. The van der Waals surface area contributed by atoms with E-state index in [0.29, 0.717) is 0 Å². The van der Waals surface area contributed by atoms with Crippen LogP contribution in [0.3, 0.4) is 0 Å². The second-order valence-corrected chi connectivity index (χ2v) is 7.40. The lowest BCUT2D eigenvalue weighted by molar-refractivity contribution is 0.699. The Hall–Kier alpha value is -2.73. The Morgan fingerprint density at radius 2 is 2.12 bits per heavy atom. The average molecular weight is 348 g/mol. The van der Waals surface area contributed by atoms with Gasteiger partial charge in [0.1, 0.15) is 11.2 Å². The molecule has 1 N–H and O–H groups in total. The van der Waals surface area contributed by atoms with E-state index in [1.54, 1.807) is 17.6 Å². The number of hydrogen-bond donors (Lipinski definition) is 1. The molecule has 0 amide bonds. The van der Waals surface area contributed by atoms with Crippen LogP contribution in [0.25, 0.3) is 21.1 Å². The first kappa shape index (κ1) is 14.6. The third-order valence-corrected chi connectivity index (χ3v) is 6.00. The summed E-state index contributed by atoms with van der Waals surface area (Å²) < 4.78 is 1.35. The highest BCUT2D eigenvalue weighted by Crippen LogP contribution is 2.33. The summed E-state index contributed by atoms with van der Waals surface area (Å²) in [5.41, 5.74) is 3.13. The van der Waals surface area contributed by atoms with Crippen LogP contribution in [-0.2, 0) is 12.8 Å². The van der Waals surface area contributed by atoms with E-state index in [1.165, 1.54) is 27.9 Å². The number of fused-ring (bicyclic) bond motifs is 4. The van der Waals surface area contributed by atoms with Crippen molar-refractivity contribution in [3.8, 4) is 0 Å². The van der Waals surface area contributed by atoms with E-state index in [4.69, 9.17) is 0 Å². The maximum atomic E-state index is 12.9. The topological polar surface area (TPSA) is 63.0 Å². The number of aryl methyl sites for hydroxylation is 2. The summed E-state index contributed by atoms with van der Waals surface area (Å²) in [7, 11) is 0. The molecule has 0 aliphatic heterocycles. The summed E-state index contributed by atoms with van der Waals surface area (Å²) in [6.45, 7) is 0. The molecule has 25 heavy (non-hydrogen) atoms. The molecule has 0 spiro atoms. The van der Waals surface area contributed by atoms with E-state index in [0.717, 1.165) is 45.9 Å². The minimum atomic E-state index is -0.0690. The van der Waals surface area contributed by atoms with Crippen LogP contribution in [0.4, 0.5) is 0 Å². The van der Waals surface area contributed by atoms with Gasteiger partial charge < -0.3 is 4.98 Å². The zero-order valence-electron chi connectivity index (χ0n) is 13.5. The zero-order chi connectivity index (χ0) is 16.8. The van der Waals surface area contributed by atoms with Gasteiger partial charge in [-0.2, -0.15) is 9.78 Å². The molecule has 0 saturated carbocycles. The van der Waals surface area contributed by atoms with Crippen molar-refractivity contribution >= 4 is 38.7 Å². The normalized spacial score (nSPS) is 14.6. The highest BCUT2D eigenvalue weighted by molar-refractivity contribution is 7.18. The summed E-state index contributed by atoms with van der Waals surface area (Å²) in [5, 5.41) is 6.23. The molecule has 5 nitrogen and oxygen atoms in total. The Morgan fingerprint density at radius 3 is 3.08 bits per heavy atom. The van der Waals surface area contributed by atoms with Gasteiger partial charge in [-0.1, -0.05) is 18.2 Å². The third kappa shape index (κ3) is 2.33. The molecule has 3 heterocycles. The Kier molecular flexibility index (Phi) is 3.31. The van der Waals surface area contributed by atoms with Crippen LogP contribution in [0.5, 0.6) is 0 Å². The van der Waals surface area contributed by atoms with E-state index in [1.807, 2.05) is 30.5 Å². The molecule has 3 aromatic heterocycles. The number of benzene rings is 1. The number of H-pyrrole nitrogens is 1. The summed E-state index contributed by atoms with van der Waals surface area (Å²) in [4.78, 5) is 22.7. The van der Waals surface area contributed by atoms with Crippen molar-refractivity contribution in [1.29, 1.82) is 0 Å². The van der Waals surface area contributed by atoms with Crippen molar-refractivity contribution in [3.05, 3.63) is 63.1 Å². The molecule has 0 unspecified atom stereocenters. The van der Waals surface area contributed by atoms with Gasteiger partial charge in [0.2, 0.25) is 0 Å². The number of hydrogen-bond acceptors (Lipinski definition) is 4. The molecule has 0 radical (unpaired) electrons. The predicted octanol–water partition coefficient (Wildman–Crippen LogP) is 3.70. The van der Waals surface area contributed by atoms with Crippen molar-refractivity contribution < 1.29 is 0 Å². The molecule has 0 saturated heterocycles. The quantitative estimate of drug-likeness (QED) is 0.561. The first-order valence-corrected chi connectivity index (χ1v) is 9.25. The SMILES string of the molecule is O=c1c2c3c(sc2ncn1/N=C/c1c[nH]c2ccccc12)CCCC3. The van der Waals surface area contributed by atoms with Gasteiger partial charge in [-0.3, -0.25) is 4.79 Å². The third-order valence-electron chi connectivity index (χ3n) is 4.80. The number of aromatic amines is 1. The monoisotopic (exact) mass is 348 g/mol. The van der Waals surface area contributed by atoms with Crippen molar-refractivity contribution in [2.75, 3.05) is 0 Å². The lowest BCUT2D eigenvalue weighted by atomic mass is 9.97. The lowest BCUT2D eigenvalue weighted by Crippen LogP contribution is -2.17. The predicted molar refractivity (Wildman–Crippen MR) is 102 cm³/mol. The summed E-state index contributed by atoms with van der Waals surface area (Å²) in [6.07, 6.45) is 9.53. The molecule has 5 rings (SSSR count). The first-order valence-electron chi connectivity index (χ1n) is 8.43. The second-order valence-electron chi connectivity index (χ2n) is 6.32. The smallest absolute Gasteiger partial charge is 0.282 e. The van der Waals surface area contributed by atoms with E-state index < -0.39 is 0 Å². The number of para-hydroxylation sites is 1. The van der Waals surface area contributed by atoms with Gasteiger partial charge in [0.15, 0.2) is 0 Å². The van der Waals surface area contributed by atoms with E-state index >= 15 is 0 Å². The van der Waals surface area contributed by atoms with E-state index in [2.05, 4.69) is 15.1 Å². The Labute approximate surface area is 147 Å². The molecule has 0 atom stereocenters. The summed E-state index contributed by atoms with van der Waals surface area (Å²) in [6, 6.07) is 8.03. The molecule has 1 aliphatic carbocycles. The van der Waals surface area contributed by atoms with Crippen LogP contribution in [0.1, 0.15) is 28.8 Å². The number of nitrogens with one attached hydrogen (secondary N) is 1. The number of thiophene rings is 1. The molecular weight excluding hydrogens is 332 g/mol. The van der Waals surface area contributed by atoms with Crippen LogP contribution >= 0.6 is 11.3 Å². The highest BCUT2D eigenvalue weighted by atomic mass is 32.1.